The number of rotatable bonds is 6. The van der Waals surface area contributed by atoms with E-state index in [0.717, 1.165) is 15.2 Å². The second-order valence-electron chi connectivity index (χ2n) is 5.54. The van der Waals surface area contributed by atoms with Crippen LogP contribution >= 0.6 is 0 Å². The minimum Gasteiger partial charge on any atom is -0.455 e. The second kappa shape index (κ2) is 8.08. The largest absolute Gasteiger partial charge is 0.455 e. The van der Waals surface area contributed by atoms with E-state index in [9.17, 15) is 29.3 Å². The third-order valence-corrected chi connectivity index (χ3v) is 3.68. The first-order valence-corrected chi connectivity index (χ1v) is 7.65. The molecule has 11 nitrogen and oxygen atoms in total. The molecule has 0 aliphatic rings. The first-order valence-electron chi connectivity index (χ1n) is 7.65. The van der Waals surface area contributed by atoms with Crippen LogP contribution in [0.1, 0.15) is 5.56 Å². The van der Waals surface area contributed by atoms with Gasteiger partial charge in [0.25, 0.3) is 17.2 Å². The van der Waals surface area contributed by atoms with Crippen molar-refractivity contribution in [3.8, 4) is 0 Å². The van der Waals surface area contributed by atoms with E-state index >= 15 is 0 Å². The standard InChI is InChI=1S/C16H16N4O7/c1-18-12(8-14(22)19(2)16(18)24)17-13(21)9-27-15(23)7-10-5-3-4-6-11(10)20(25)26/h3-6,8H,7,9H2,1-2H3,(H,17,21). The number of ether oxygens (including phenoxy) is 1. The molecule has 1 aromatic heterocycles. The number of nitro benzene ring substituents is 1. The van der Waals surface area contributed by atoms with Crippen molar-refractivity contribution in [1.82, 2.24) is 9.13 Å². The zero-order valence-electron chi connectivity index (χ0n) is 14.5. The molecule has 2 rings (SSSR count). The Kier molecular flexibility index (Phi) is 5.85. The lowest BCUT2D eigenvalue weighted by Gasteiger charge is -2.11. The molecule has 0 unspecified atom stereocenters. The molecule has 1 amide bonds. The first-order chi connectivity index (χ1) is 12.7. The Balaban J connectivity index is 1.99. The molecule has 0 saturated carbocycles. The van der Waals surface area contributed by atoms with Gasteiger partial charge in [-0.15, -0.1) is 0 Å². The number of aromatic nitrogens is 2. The Morgan fingerprint density at radius 1 is 1.19 bits per heavy atom. The molecule has 1 aromatic carbocycles. The van der Waals surface area contributed by atoms with Crippen LogP contribution < -0.4 is 16.6 Å². The molecule has 0 atom stereocenters. The van der Waals surface area contributed by atoms with Gasteiger partial charge in [-0.3, -0.25) is 33.6 Å². The zero-order chi connectivity index (χ0) is 20.1. The zero-order valence-corrected chi connectivity index (χ0v) is 14.5. The molecule has 0 spiro atoms. The van der Waals surface area contributed by atoms with E-state index < -0.39 is 34.7 Å². The highest BCUT2D eigenvalue weighted by molar-refractivity contribution is 5.92. The Bertz CT molecular complexity index is 1020. The van der Waals surface area contributed by atoms with Crippen LogP contribution in [0.5, 0.6) is 0 Å². The molecule has 0 bridgehead atoms. The van der Waals surface area contributed by atoms with Crippen LogP contribution in [0.15, 0.2) is 39.9 Å². The third kappa shape index (κ3) is 4.66. The highest BCUT2D eigenvalue weighted by Crippen LogP contribution is 2.18. The lowest BCUT2D eigenvalue weighted by Crippen LogP contribution is -2.38. The Labute approximate surface area is 151 Å². The lowest BCUT2D eigenvalue weighted by molar-refractivity contribution is -0.385. The van der Waals surface area contributed by atoms with Gasteiger partial charge < -0.3 is 10.1 Å². The van der Waals surface area contributed by atoms with Crippen molar-refractivity contribution in [2.45, 2.75) is 6.42 Å². The predicted molar refractivity (Wildman–Crippen MR) is 93.3 cm³/mol. The molecule has 0 aliphatic carbocycles. The predicted octanol–water partition coefficient (Wildman–Crippen LogP) is -0.283. The van der Waals surface area contributed by atoms with E-state index in [2.05, 4.69) is 5.32 Å². The van der Waals surface area contributed by atoms with Crippen LogP contribution in [0.3, 0.4) is 0 Å². The average Bonchev–Trinajstić information content (AvgIpc) is 2.63. The molecular formula is C16H16N4O7. The van der Waals surface area contributed by atoms with Gasteiger partial charge in [0.1, 0.15) is 5.82 Å². The minimum absolute atomic E-state index is 0.0529. The Morgan fingerprint density at radius 3 is 2.52 bits per heavy atom. The monoisotopic (exact) mass is 376 g/mol. The van der Waals surface area contributed by atoms with E-state index in [1.54, 1.807) is 6.07 Å². The number of anilines is 1. The summed E-state index contributed by atoms with van der Waals surface area (Å²) in [6.45, 7) is -0.678. The van der Waals surface area contributed by atoms with E-state index in [1.165, 1.54) is 32.3 Å². The van der Waals surface area contributed by atoms with Gasteiger partial charge in [0.2, 0.25) is 0 Å². The van der Waals surface area contributed by atoms with Gasteiger partial charge in [0.15, 0.2) is 6.61 Å². The molecule has 1 heterocycles. The number of carbonyl (C=O) groups excluding carboxylic acids is 2. The summed E-state index contributed by atoms with van der Waals surface area (Å²) in [6, 6.07) is 6.72. The smallest absolute Gasteiger partial charge is 0.332 e. The Morgan fingerprint density at radius 2 is 1.85 bits per heavy atom. The number of nitro groups is 1. The second-order valence-corrected chi connectivity index (χ2v) is 5.54. The summed E-state index contributed by atoms with van der Waals surface area (Å²) < 4.78 is 6.71. The average molecular weight is 376 g/mol. The summed E-state index contributed by atoms with van der Waals surface area (Å²) in [4.78, 5) is 57.4. The molecule has 0 saturated heterocycles. The number of hydrogen-bond donors (Lipinski definition) is 1. The molecule has 11 heteroatoms. The van der Waals surface area contributed by atoms with Crippen molar-refractivity contribution in [3.05, 3.63) is 66.8 Å². The van der Waals surface area contributed by atoms with Gasteiger partial charge >= 0.3 is 11.7 Å². The van der Waals surface area contributed by atoms with Gasteiger partial charge in [0, 0.05) is 31.8 Å². The van der Waals surface area contributed by atoms with Crippen molar-refractivity contribution in [2.75, 3.05) is 11.9 Å². The SMILES string of the molecule is Cn1c(NC(=O)COC(=O)Cc2ccccc2[N+](=O)[O-])cc(=O)n(C)c1=O. The number of esters is 1. The normalized spacial score (nSPS) is 10.3. The van der Waals surface area contributed by atoms with Crippen LogP contribution in [-0.4, -0.2) is 32.5 Å². The number of nitrogens with zero attached hydrogens (tertiary/aromatic N) is 3. The van der Waals surface area contributed by atoms with Crippen molar-refractivity contribution < 1.29 is 19.2 Å². The number of benzene rings is 1. The lowest BCUT2D eigenvalue weighted by atomic mass is 10.1. The topological polar surface area (TPSA) is 143 Å². The highest BCUT2D eigenvalue weighted by Gasteiger charge is 2.17. The van der Waals surface area contributed by atoms with Crippen LogP contribution in [0.25, 0.3) is 0 Å². The van der Waals surface area contributed by atoms with Crippen LogP contribution in [-0.2, 0) is 34.8 Å². The summed E-state index contributed by atoms with van der Waals surface area (Å²) in [5.74, 6) is -1.66. The highest BCUT2D eigenvalue weighted by atomic mass is 16.6. The van der Waals surface area contributed by atoms with E-state index in [4.69, 9.17) is 4.74 Å². The number of carbonyl (C=O) groups is 2. The summed E-state index contributed by atoms with van der Waals surface area (Å²) in [5.41, 5.74) is -1.32. The maximum absolute atomic E-state index is 11.9. The Hall–Kier alpha value is -3.76. The summed E-state index contributed by atoms with van der Waals surface area (Å²) >= 11 is 0. The van der Waals surface area contributed by atoms with E-state index in [1.807, 2.05) is 0 Å². The van der Waals surface area contributed by atoms with Gasteiger partial charge in [-0.25, -0.2) is 4.79 Å². The van der Waals surface area contributed by atoms with Crippen molar-refractivity contribution in [3.63, 3.8) is 0 Å². The fourth-order valence-corrected chi connectivity index (χ4v) is 2.22. The van der Waals surface area contributed by atoms with Gasteiger partial charge in [0.05, 0.1) is 11.3 Å². The van der Waals surface area contributed by atoms with E-state index in [-0.39, 0.29) is 23.5 Å². The van der Waals surface area contributed by atoms with Crippen molar-refractivity contribution in [1.29, 1.82) is 0 Å². The van der Waals surface area contributed by atoms with Crippen LogP contribution in [0, 0.1) is 10.1 Å². The maximum Gasteiger partial charge on any atom is 0.332 e. The van der Waals surface area contributed by atoms with E-state index in [0.29, 0.717) is 0 Å². The van der Waals surface area contributed by atoms with Gasteiger partial charge in [-0.2, -0.15) is 0 Å². The molecule has 1 N–H and O–H groups in total. The molecule has 2 aromatic rings. The molecule has 0 fully saturated rings. The van der Waals surface area contributed by atoms with Gasteiger partial charge in [-0.05, 0) is 0 Å². The quantitative estimate of drug-likeness (QED) is 0.415. The summed E-state index contributed by atoms with van der Waals surface area (Å²) in [7, 11) is 2.65. The first kappa shape index (κ1) is 19.6. The number of amides is 1. The number of para-hydroxylation sites is 1. The molecule has 142 valence electrons. The number of hydrogen-bond acceptors (Lipinski definition) is 7. The molecule has 0 aliphatic heterocycles. The van der Waals surface area contributed by atoms with Crippen molar-refractivity contribution >= 4 is 23.4 Å². The van der Waals surface area contributed by atoms with Crippen LogP contribution in [0.2, 0.25) is 0 Å². The summed E-state index contributed by atoms with van der Waals surface area (Å²) in [5, 5.41) is 13.2. The molecule has 0 radical (unpaired) electrons. The minimum atomic E-state index is -0.836. The van der Waals surface area contributed by atoms with Crippen LogP contribution in [0.4, 0.5) is 11.5 Å². The summed E-state index contributed by atoms with van der Waals surface area (Å²) in [6.07, 6.45) is -0.380. The fraction of sp³-hybridized carbons (Fsp3) is 0.250. The number of nitrogens with one attached hydrogen (secondary N) is 1. The third-order valence-electron chi connectivity index (χ3n) is 3.68. The van der Waals surface area contributed by atoms with Gasteiger partial charge in [-0.1, -0.05) is 18.2 Å². The fourth-order valence-electron chi connectivity index (χ4n) is 2.22. The molecular weight excluding hydrogens is 360 g/mol. The molecule has 27 heavy (non-hydrogen) atoms. The van der Waals surface area contributed by atoms with Crippen molar-refractivity contribution in [2.24, 2.45) is 14.1 Å². The maximum atomic E-state index is 11.9.